The van der Waals surface area contributed by atoms with Crippen LogP contribution in [0.5, 0.6) is 0 Å². The lowest BCUT2D eigenvalue weighted by atomic mass is 9.81. The molecule has 19 heavy (non-hydrogen) atoms. The first-order valence-electron chi connectivity index (χ1n) is 7.31. The molecule has 1 aliphatic rings. The predicted molar refractivity (Wildman–Crippen MR) is 74.8 cm³/mol. The van der Waals surface area contributed by atoms with Crippen molar-refractivity contribution in [2.45, 2.75) is 59.3 Å². The standard InChI is InChI=1S/C15H27NO3/c1-11-5-4-6-12(9-11)7-8-16-13(17)10-15(2,3)14(18)19/h11-12H,4-10H2,1-3H3,(H,16,17)(H,18,19). The zero-order valence-corrected chi connectivity index (χ0v) is 12.4. The van der Waals surface area contributed by atoms with Crippen LogP contribution in [0.4, 0.5) is 0 Å². The Balaban J connectivity index is 2.22. The quantitative estimate of drug-likeness (QED) is 0.779. The van der Waals surface area contributed by atoms with Gasteiger partial charge in [-0.15, -0.1) is 0 Å². The number of carbonyl (C=O) groups is 2. The molecule has 0 heterocycles. The minimum Gasteiger partial charge on any atom is -0.481 e. The van der Waals surface area contributed by atoms with Gasteiger partial charge in [0.25, 0.3) is 0 Å². The summed E-state index contributed by atoms with van der Waals surface area (Å²) in [5.41, 5.74) is -0.983. The highest BCUT2D eigenvalue weighted by Gasteiger charge is 2.30. The van der Waals surface area contributed by atoms with Crippen LogP contribution in [0.1, 0.15) is 59.3 Å². The van der Waals surface area contributed by atoms with E-state index in [0.29, 0.717) is 6.54 Å². The third-order valence-corrected chi connectivity index (χ3v) is 4.10. The van der Waals surface area contributed by atoms with E-state index in [1.54, 1.807) is 13.8 Å². The molecule has 1 aliphatic carbocycles. The lowest BCUT2D eigenvalue weighted by Crippen LogP contribution is -2.34. The Bertz CT molecular complexity index is 325. The van der Waals surface area contributed by atoms with Crippen molar-refractivity contribution < 1.29 is 14.7 Å². The largest absolute Gasteiger partial charge is 0.481 e. The SMILES string of the molecule is CC1CCCC(CCNC(=O)CC(C)(C)C(=O)O)C1. The Morgan fingerprint density at radius 2 is 2.00 bits per heavy atom. The van der Waals surface area contributed by atoms with Gasteiger partial charge in [0.2, 0.25) is 5.91 Å². The van der Waals surface area contributed by atoms with E-state index in [4.69, 9.17) is 5.11 Å². The van der Waals surface area contributed by atoms with Crippen molar-refractivity contribution in [2.75, 3.05) is 6.54 Å². The number of hydrogen-bond acceptors (Lipinski definition) is 2. The van der Waals surface area contributed by atoms with Gasteiger partial charge in [0, 0.05) is 13.0 Å². The Hall–Kier alpha value is -1.06. The average Bonchev–Trinajstić information content (AvgIpc) is 2.28. The first kappa shape index (κ1) is 16.0. The number of nitrogens with one attached hydrogen (secondary N) is 1. The van der Waals surface area contributed by atoms with Gasteiger partial charge in [-0.2, -0.15) is 0 Å². The highest BCUT2D eigenvalue weighted by molar-refractivity contribution is 5.84. The Kier molecular flexibility index (Phi) is 5.83. The van der Waals surface area contributed by atoms with E-state index in [1.807, 2.05) is 0 Å². The number of amides is 1. The van der Waals surface area contributed by atoms with Crippen LogP contribution in [-0.2, 0) is 9.59 Å². The van der Waals surface area contributed by atoms with Crippen molar-refractivity contribution in [3.63, 3.8) is 0 Å². The topological polar surface area (TPSA) is 66.4 Å². The van der Waals surface area contributed by atoms with E-state index in [1.165, 1.54) is 25.7 Å². The molecule has 0 bridgehead atoms. The predicted octanol–water partition coefficient (Wildman–Crippen LogP) is 2.82. The van der Waals surface area contributed by atoms with Gasteiger partial charge in [-0.1, -0.05) is 26.2 Å². The van der Waals surface area contributed by atoms with Gasteiger partial charge in [0.1, 0.15) is 0 Å². The first-order chi connectivity index (χ1) is 8.81. The van der Waals surface area contributed by atoms with Crippen LogP contribution in [0.15, 0.2) is 0 Å². The zero-order valence-electron chi connectivity index (χ0n) is 12.4. The molecule has 1 fully saturated rings. The van der Waals surface area contributed by atoms with Crippen LogP contribution < -0.4 is 5.32 Å². The zero-order chi connectivity index (χ0) is 14.5. The van der Waals surface area contributed by atoms with Gasteiger partial charge in [0.05, 0.1) is 5.41 Å². The molecule has 110 valence electrons. The van der Waals surface area contributed by atoms with Crippen LogP contribution in [-0.4, -0.2) is 23.5 Å². The summed E-state index contributed by atoms with van der Waals surface area (Å²) in [6.45, 7) is 6.13. The number of carboxylic acid groups (broad SMARTS) is 1. The van der Waals surface area contributed by atoms with Crippen molar-refractivity contribution >= 4 is 11.9 Å². The lowest BCUT2D eigenvalue weighted by molar-refractivity contribution is -0.149. The van der Waals surface area contributed by atoms with E-state index < -0.39 is 11.4 Å². The number of rotatable bonds is 6. The summed E-state index contributed by atoms with van der Waals surface area (Å²) in [5.74, 6) is 0.442. The Morgan fingerprint density at radius 1 is 1.32 bits per heavy atom. The van der Waals surface area contributed by atoms with Crippen molar-refractivity contribution in [1.82, 2.24) is 5.32 Å². The molecule has 0 aromatic heterocycles. The maximum absolute atomic E-state index is 11.7. The minimum atomic E-state index is -0.983. The smallest absolute Gasteiger partial charge is 0.309 e. The third kappa shape index (κ3) is 5.62. The number of hydrogen-bond donors (Lipinski definition) is 2. The van der Waals surface area contributed by atoms with Crippen molar-refractivity contribution in [3.05, 3.63) is 0 Å². The normalized spacial score (nSPS) is 23.9. The number of carboxylic acids is 1. The van der Waals surface area contributed by atoms with E-state index in [-0.39, 0.29) is 12.3 Å². The van der Waals surface area contributed by atoms with Crippen molar-refractivity contribution in [1.29, 1.82) is 0 Å². The monoisotopic (exact) mass is 269 g/mol. The summed E-state index contributed by atoms with van der Waals surface area (Å²) in [4.78, 5) is 22.6. The second-order valence-electron chi connectivity index (χ2n) is 6.64. The van der Waals surface area contributed by atoms with Crippen LogP contribution >= 0.6 is 0 Å². The fraction of sp³-hybridized carbons (Fsp3) is 0.867. The summed E-state index contributed by atoms with van der Waals surface area (Å²) in [5, 5.41) is 11.8. The van der Waals surface area contributed by atoms with Crippen molar-refractivity contribution in [2.24, 2.45) is 17.3 Å². The van der Waals surface area contributed by atoms with Gasteiger partial charge in [-0.25, -0.2) is 0 Å². The lowest BCUT2D eigenvalue weighted by Gasteiger charge is -2.26. The van der Waals surface area contributed by atoms with Gasteiger partial charge in [-0.3, -0.25) is 9.59 Å². The fourth-order valence-corrected chi connectivity index (χ4v) is 2.78. The van der Waals surface area contributed by atoms with E-state index in [2.05, 4.69) is 12.2 Å². The van der Waals surface area contributed by atoms with Crippen LogP contribution in [0.2, 0.25) is 0 Å². The van der Waals surface area contributed by atoms with Crippen LogP contribution in [0, 0.1) is 17.3 Å². The molecule has 1 saturated carbocycles. The molecular formula is C15H27NO3. The first-order valence-corrected chi connectivity index (χ1v) is 7.31. The van der Waals surface area contributed by atoms with Crippen molar-refractivity contribution in [3.8, 4) is 0 Å². The van der Waals surface area contributed by atoms with E-state index >= 15 is 0 Å². The fourth-order valence-electron chi connectivity index (χ4n) is 2.78. The molecule has 0 aliphatic heterocycles. The molecule has 4 heteroatoms. The Morgan fingerprint density at radius 3 is 2.58 bits per heavy atom. The molecule has 0 aromatic carbocycles. The van der Waals surface area contributed by atoms with Gasteiger partial charge in [0.15, 0.2) is 0 Å². The molecule has 0 spiro atoms. The van der Waals surface area contributed by atoms with Crippen LogP contribution in [0.3, 0.4) is 0 Å². The molecule has 0 aromatic rings. The highest BCUT2D eigenvalue weighted by Crippen LogP contribution is 2.30. The molecule has 0 saturated heterocycles. The van der Waals surface area contributed by atoms with Gasteiger partial charge >= 0.3 is 5.97 Å². The third-order valence-electron chi connectivity index (χ3n) is 4.10. The number of aliphatic carboxylic acids is 1. The second-order valence-corrected chi connectivity index (χ2v) is 6.64. The molecule has 1 amide bonds. The maximum atomic E-state index is 11.7. The summed E-state index contributed by atoms with van der Waals surface area (Å²) in [7, 11) is 0. The summed E-state index contributed by atoms with van der Waals surface area (Å²) in [6.07, 6.45) is 6.21. The highest BCUT2D eigenvalue weighted by atomic mass is 16.4. The molecule has 2 N–H and O–H groups in total. The van der Waals surface area contributed by atoms with Gasteiger partial charge in [-0.05, 0) is 38.5 Å². The number of carbonyl (C=O) groups excluding carboxylic acids is 1. The summed E-state index contributed by atoms with van der Waals surface area (Å²) in [6, 6.07) is 0. The molecule has 0 radical (unpaired) electrons. The molecule has 2 unspecified atom stereocenters. The molecule has 2 atom stereocenters. The van der Waals surface area contributed by atoms with Crippen LogP contribution in [0.25, 0.3) is 0 Å². The van der Waals surface area contributed by atoms with E-state index in [9.17, 15) is 9.59 Å². The Labute approximate surface area is 116 Å². The molecule has 4 nitrogen and oxygen atoms in total. The van der Waals surface area contributed by atoms with E-state index in [0.717, 1.165) is 18.3 Å². The average molecular weight is 269 g/mol. The molecule has 1 rings (SSSR count). The summed E-state index contributed by atoms with van der Waals surface area (Å²) >= 11 is 0. The minimum absolute atomic E-state index is 0.0450. The molecular weight excluding hydrogens is 242 g/mol. The van der Waals surface area contributed by atoms with Gasteiger partial charge < -0.3 is 10.4 Å². The summed E-state index contributed by atoms with van der Waals surface area (Å²) < 4.78 is 0. The maximum Gasteiger partial charge on any atom is 0.309 e. The second kappa shape index (κ2) is 6.92.